The van der Waals surface area contributed by atoms with E-state index in [0.717, 1.165) is 0 Å². The molecule has 0 bridgehead atoms. The predicted octanol–water partition coefficient (Wildman–Crippen LogP) is -2.44. The number of nitroso groups, excluding NO2 is 1. The van der Waals surface area contributed by atoms with Crippen molar-refractivity contribution in [2.75, 3.05) is 19.0 Å². The minimum atomic E-state index is -1.89. The van der Waals surface area contributed by atoms with Crippen molar-refractivity contribution in [2.45, 2.75) is 24.4 Å². The first-order valence-electron chi connectivity index (χ1n) is 5.50. The molecule has 0 radical (unpaired) electrons. The summed E-state index contributed by atoms with van der Waals surface area (Å²) >= 11 is 5.32. The summed E-state index contributed by atoms with van der Waals surface area (Å²) in [7, 11) is 0. The van der Waals surface area contributed by atoms with Crippen LogP contribution in [0.1, 0.15) is 0 Å². The van der Waals surface area contributed by atoms with Gasteiger partial charge in [0.25, 0.3) is 0 Å². The standard InChI is InChI=1S/C9H16ClN3O7/c10-1-2-13(12-20)9(19)11-5(3-14)7(17)8(18)6(16)4-15/h3,5-8,15-18H,1-2,4H2,(H,11,19)/t5-,6+,7+,8+/m1/s1. The van der Waals surface area contributed by atoms with Crippen molar-refractivity contribution in [2.24, 2.45) is 5.29 Å². The molecule has 20 heavy (non-hydrogen) atoms. The zero-order valence-corrected chi connectivity index (χ0v) is 11.0. The molecule has 116 valence electrons. The highest BCUT2D eigenvalue weighted by atomic mass is 35.5. The van der Waals surface area contributed by atoms with Crippen LogP contribution in [0.4, 0.5) is 4.79 Å². The van der Waals surface area contributed by atoms with E-state index < -0.39 is 37.0 Å². The van der Waals surface area contributed by atoms with Gasteiger partial charge in [0.15, 0.2) is 0 Å². The topological polar surface area (TPSA) is 160 Å². The normalized spacial score (nSPS) is 16.6. The van der Waals surface area contributed by atoms with E-state index >= 15 is 0 Å². The van der Waals surface area contributed by atoms with Crippen LogP contribution < -0.4 is 5.32 Å². The molecular formula is C9H16ClN3O7. The maximum Gasteiger partial charge on any atom is 0.341 e. The number of carbonyl (C=O) groups is 2. The van der Waals surface area contributed by atoms with Crippen LogP contribution in [0.5, 0.6) is 0 Å². The van der Waals surface area contributed by atoms with E-state index in [-0.39, 0.29) is 18.7 Å². The van der Waals surface area contributed by atoms with Crippen LogP contribution in [-0.2, 0) is 4.79 Å². The van der Waals surface area contributed by atoms with E-state index in [1.54, 1.807) is 0 Å². The van der Waals surface area contributed by atoms with Gasteiger partial charge in [-0.1, -0.05) is 0 Å². The van der Waals surface area contributed by atoms with Crippen molar-refractivity contribution >= 4 is 23.9 Å². The lowest BCUT2D eigenvalue weighted by molar-refractivity contribution is -0.119. The number of nitrogens with zero attached hydrogens (tertiary/aromatic N) is 2. The van der Waals surface area contributed by atoms with Gasteiger partial charge in [-0.25, -0.2) is 4.79 Å². The maximum atomic E-state index is 11.5. The van der Waals surface area contributed by atoms with Crippen molar-refractivity contribution in [1.29, 1.82) is 0 Å². The van der Waals surface area contributed by atoms with E-state index in [2.05, 4.69) is 5.29 Å². The molecule has 0 saturated carbocycles. The zero-order valence-electron chi connectivity index (χ0n) is 10.3. The van der Waals surface area contributed by atoms with Crippen molar-refractivity contribution in [3.8, 4) is 0 Å². The summed E-state index contributed by atoms with van der Waals surface area (Å²) in [6.45, 7) is -1.08. The summed E-state index contributed by atoms with van der Waals surface area (Å²) in [5.41, 5.74) is 0. The summed E-state index contributed by atoms with van der Waals surface area (Å²) in [5, 5.41) is 41.4. The number of aliphatic hydroxyl groups is 4. The summed E-state index contributed by atoms with van der Waals surface area (Å²) in [6.07, 6.45) is -5.36. The van der Waals surface area contributed by atoms with Crippen molar-refractivity contribution in [1.82, 2.24) is 10.3 Å². The molecule has 0 aromatic carbocycles. The van der Waals surface area contributed by atoms with Gasteiger partial charge in [-0.2, -0.15) is 5.01 Å². The second-order valence-corrected chi connectivity index (χ2v) is 4.11. The van der Waals surface area contributed by atoms with Gasteiger partial charge in [0.05, 0.1) is 18.4 Å². The van der Waals surface area contributed by atoms with Gasteiger partial charge in [0.1, 0.15) is 30.6 Å². The number of urea groups is 1. The average Bonchev–Trinajstić information content (AvgIpc) is 2.47. The zero-order chi connectivity index (χ0) is 15.7. The molecule has 0 saturated heterocycles. The van der Waals surface area contributed by atoms with Gasteiger partial charge in [0.2, 0.25) is 0 Å². The molecule has 0 aliphatic rings. The van der Waals surface area contributed by atoms with Gasteiger partial charge in [-0.05, 0) is 0 Å². The number of halogens is 1. The van der Waals surface area contributed by atoms with Gasteiger partial charge < -0.3 is 30.5 Å². The van der Waals surface area contributed by atoms with Crippen molar-refractivity contribution in [3.05, 3.63) is 4.91 Å². The molecule has 4 atom stereocenters. The molecule has 0 aromatic heterocycles. The fourth-order valence-corrected chi connectivity index (χ4v) is 1.38. The molecule has 10 nitrogen and oxygen atoms in total. The Labute approximate surface area is 118 Å². The third-order valence-corrected chi connectivity index (χ3v) is 2.53. The van der Waals surface area contributed by atoms with Crippen molar-refractivity contribution < 1.29 is 30.0 Å². The Morgan fingerprint density at radius 1 is 1.35 bits per heavy atom. The van der Waals surface area contributed by atoms with E-state index in [1.165, 1.54) is 0 Å². The largest absolute Gasteiger partial charge is 0.394 e. The Morgan fingerprint density at radius 2 is 1.95 bits per heavy atom. The number of rotatable bonds is 9. The Morgan fingerprint density at radius 3 is 2.35 bits per heavy atom. The molecule has 0 unspecified atom stereocenters. The second-order valence-electron chi connectivity index (χ2n) is 3.74. The molecule has 11 heteroatoms. The molecule has 0 spiro atoms. The molecule has 0 heterocycles. The number of carbonyl (C=O) groups excluding carboxylic acids is 2. The quantitative estimate of drug-likeness (QED) is 0.137. The lowest BCUT2D eigenvalue weighted by Gasteiger charge is -2.26. The molecule has 0 fully saturated rings. The number of aldehydes is 1. The lowest BCUT2D eigenvalue weighted by Crippen LogP contribution is -2.55. The smallest absolute Gasteiger partial charge is 0.341 e. The summed E-state index contributed by atoms with van der Waals surface area (Å²) < 4.78 is 0. The number of amides is 2. The minimum absolute atomic E-state index is 0.0840. The molecular weight excluding hydrogens is 298 g/mol. The second kappa shape index (κ2) is 9.55. The SMILES string of the molecule is O=C[C@@H](NC(=O)N(CCCl)N=O)[C@H](O)[C@@H](O)[C@@H](O)CO. The summed E-state index contributed by atoms with van der Waals surface area (Å²) in [4.78, 5) is 32.6. The third kappa shape index (κ3) is 5.35. The Kier molecular flexibility index (Phi) is 8.92. The Bertz CT molecular complexity index is 333. The molecule has 0 aromatic rings. The van der Waals surface area contributed by atoms with Crippen LogP contribution in [0.25, 0.3) is 0 Å². The Balaban J connectivity index is 4.72. The van der Waals surface area contributed by atoms with Crippen LogP contribution in [0.15, 0.2) is 5.29 Å². The van der Waals surface area contributed by atoms with E-state index in [9.17, 15) is 24.7 Å². The molecule has 5 N–H and O–H groups in total. The first kappa shape index (κ1) is 18.7. The van der Waals surface area contributed by atoms with Gasteiger partial charge in [-0.15, -0.1) is 16.5 Å². The number of hydrogen-bond acceptors (Lipinski definition) is 8. The number of hydrogen-bond donors (Lipinski definition) is 5. The highest BCUT2D eigenvalue weighted by Crippen LogP contribution is 2.05. The van der Waals surface area contributed by atoms with Crippen molar-refractivity contribution in [3.63, 3.8) is 0 Å². The predicted molar refractivity (Wildman–Crippen MR) is 66.7 cm³/mol. The molecule has 0 aliphatic carbocycles. The van der Waals surface area contributed by atoms with E-state index in [1.807, 2.05) is 5.32 Å². The van der Waals surface area contributed by atoms with Crippen LogP contribution in [0.2, 0.25) is 0 Å². The molecule has 0 rings (SSSR count). The third-order valence-electron chi connectivity index (χ3n) is 2.37. The van der Waals surface area contributed by atoms with Crippen LogP contribution in [0, 0.1) is 4.91 Å². The monoisotopic (exact) mass is 313 g/mol. The lowest BCUT2D eigenvalue weighted by atomic mass is 10.0. The van der Waals surface area contributed by atoms with Gasteiger partial charge in [-0.3, -0.25) is 0 Å². The number of aliphatic hydroxyl groups excluding tert-OH is 4. The number of alkyl halides is 1. The highest BCUT2D eigenvalue weighted by molar-refractivity contribution is 6.18. The molecule has 2 amide bonds. The van der Waals surface area contributed by atoms with Crippen LogP contribution >= 0.6 is 11.6 Å². The summed E-state index contributed by atoms with van der Waals surface area (Å²) in [6, 6.07) is -2.72. The minimum Gasteiger partial charge on any atom is -0.394 e. The first-order chi connectivity index (χ1) is 9.42. The van der Waals surface area contributed by atoms with Crippen LogP contribution in [0.3, 0.4) is 0 Å². The fraction of sp³-hybridized carbons (Fsp3) is 0.778. The fourth-order valence-electron chi connectivity index (χ4n) is 1.22. The van der Waals surface area contributed by atoms with E-state index in [4.69, 9.17) is 21.8 Å². The highest BCUT2D eigenvalue weighted by Gasteiger charge is 2.32. The maximum absolute atomic E-state index is 11.5. The van der Waals surface area contributed by atoms with Gasteiger partial charge >= 0.3 is 6.03 Å². The van der Waals surface area contributed by atoms with E-state index in [0.29, 0.717) is 5.01 Å². The summed E-state index contributed by atoms with van der Waals surface area (Å²) in [5.74, 6) is -0.0840. The first-order valence-corrected chi connectivity index (χ1v) is 6.04. The average molecular weight is 314 g/mol. The van der Waals surface area contributed by atoms with Crippen LogP contribution in [-0.4, -0.2) is 81.1 Å². The number of nitrogens with one attached hydrogen (secondary N) is 1. The molecule has 0 aliphatic heterocycles. The van der Waals surface area contributed by atoms with Gasteiger partial charge in [0, 0.05) is 5.88 Å². The Hall–Kier alpha value is -1.33.